The van der Waals surface area contributed by atoms with Crippen molar-refractivity contribution in [3.05, 3.63) is 33.8 Å². The van der Waals surface area contributed by atoms with Crippen molar-refractivity contribution in [1.29, 1.82) is 0 Å². The van der Waals surface area contributed by atoms with Crippen LogP contribution in [0.3, 0.4) is 0 Å². The number of carbonyl (C=O) groups is 2. The second kappa shape index (κ2) is 10.5. The van der Waals surface area contributed by atoms with Crippen molar-refractivity contribution in [2.24, 2.45) is 0 Å². The first-order valence-corrected chi connectivity index (χ1v) is 13.7. The summed E-state index contributed by atoms with van der Waals surface area (Å²) in [5.41, 5.74) is 2.24. The van der Waals surface area contributed by atoms with E-state index in [1.807, 2.05) is 19.9 Å². The third-order valence-electron chi connectivity index (χ3n) is 6.39. The second-order valence-corrected chi connectivity index (χ2v) is 11.8. The number of carbonyl (C=O) groups excluding carboxylic acids is 2. The predicted molar refractivity (Wildman–Crippen MR) is 125 cm³/mol. The molecule has 0 N–H and O–H groups in total. The minimum Gasteiger partial charge on any atom is -0.446 e. The summed E-state index contributed by atoms with van der Waals surface area (Å²) >= 11 is 6.29. The van der Waals surface area contributed by atoms with Crippen molar-refractivity contribution >= 4 is 33.3 Å². The maximum absolute atomic E-state index is 12.6. The molecule has 32 heavy (non-hydrogen) atoms. The molecular weight excluding hydrogens is 452 g/mol. The first-order chi connectivity index (χ1) is 15.0. The molecule has 0 radical (unpaired) electrons. The van der Waals surface area contributed by atoms with Crippen LogP contribution in [0.15, 0.2) is 12.1 Å². The Morgan fingerprint density at radius 3 is 2.50 bits per heavy atom. The number of rotatable bonds is 7. The highest BCUT2D eigenvalue weighted by Crippen LogP contribution is 2.26. The highest BCUT2D eigenvalue weighted by Gasteiger charge is 2.31. The first kappa shape index (κ1) is 25.0. The molecule has 1 saturated heterocycles. The summed E-state index contributed by atoms with van der Waals surface area (Å²) in [5, 5.41) is 0.458. The van der Waals surface area contributed by atoms with E-state index in [-0.39, 0.29) is 36.2 Å². The van der Waals surface area contributed by atoms with Gasteiger partial charge in [0.25, 0.3) is 0 Å². The molecule has 3 rings (SSSR count). The number of amides is 1. The molecule has 178 valence electrons. The van der Waals surface area contributed by atoms with Gasteiger partial charge in [-0.2, -0.15) is 0 Å². The van der Waals surface area contributed by atoms with Crippen molar-refractivity contribution in [3.8, 4) is 0 Å². The zero-order chi connectivity index (χ0) is 23.5. The third kappa shape index (κ3) is 6.68. The maximum Gasteiger partial charge on any atom is 0.410 e. The molecule has 1 aromatic rings. The summed E-state index contributed by atoms with van der Waals surface area (Å²) in [6.45, 7) is 6.49. The number of halogens is 1. The van der Waals surface area contributed by atoms with Crippen LogP contribution >= 0.6 is 11.6 Å². The van der Waals surface area contributed by atoms with Gasteiger partial charge in [0, 0.05) is 55.5 Å². The van der Waals surface area contributed by atoms with Gasteiger partial charge in [-0.1, -0.05) is 11.6 Å². The third-order valence-corrected chi connectivity index (χ3v) is 7.55. The van der Waals surface area contributed by atoms with Crippen molar-refractivity contribution in [2.45, 2.75) is 64.6 Å². The van der Waals surface area contributed by atoms with Crippen LogP contribution in [0.4, 0.5) is 4.79 Å². The van der Waals surface area contributed by atoms with Gasteiger partial charge in [-0.15, -0.1) is 0 Å². The van der Waals surface area contributed by atoms with E-state index in [0.29, 0.717) is 36.8 Å². The SMILES string of the molecule is Cc1c(CN2CCN(C(=O)OC3CCCC3)[C@@H](C)C2)cc(Cl)cc1C(=O)CCS(C)(=O)=O. The Morgan fingerprint density at radius 1 is 1.19 bits per heavy atom. The van der Waals surface area contributed by atoms with E-state index in [0.717, 1.165) is 43.1 Å². The summed E-state index contributed by atoms with van der Waals surface area (Å²) in [5.74, 6) is -0.395. The predicted octanol–water partition coefficient (Wildman–Crippen LogP) is 3.85. The summed E-state index contributed by atoms with van der Waals surface area (Å²) in [4.78, 5) is 29.2. The highest BCUT2D eigenvalue weighted by molar-refractivity contribution is 7.90. The molecule has 1 aromatic carbocycles. The quantitative estimate of drug-likeness (QED) is 0.546. The number of ketones is 1. The van der Waals surface area contributed by atoms with Crippen LogP contribution in [0.1, 0.15) is 60.5 Å². The minimum absolute atomic E-state index is 0.0213. The van der Waals surface area contributed by atoms with Gasteiger partial charge >= 0.3 is 6.09 Å². The fraction of sp³-hybridized carbons (Fsp3) is 0.652. The fourth-order valence-corrected chi connectivity index (χ4v) is 5.30. The molecule has 2 aliphatic rings. The normalized spacial score (nSPS) is 20.5. The Labute approximate surface area is 196 Å². The number of hydrogen-bond donors (Lipinski definition) is 0. The molecule has 1 heterocycles. The minimum atomic E-state index is -3.21. The number of piperazine rings is 1. The number of benzene rings is 1. The highest BCUT2D eigenvalue weighted by atomic mass is 35.5. The Bertz CT molecular complexity index is 959. The summed E-state index contributed by atoms with van der Waals surface area (Å²) in [6.07, 6.45) is 5.07. The van der Waals surface area contributed by atoms with E-state index in [2.05, 4.69) is 4.90 Å². The summed E-state index contributed by atoms with van der Waals surface area (Å²) < 4.78 is 28.5. The van der Waals surface area contributed by atoms with Crippen LogP contribution < -0.4 is 0 Å². The average Bonchev–Trinajstić information content (AvgIpc) is 3.21. The second-order valence-electron chi connectivity index (χ2n) is 9.11. The molecule has 1 amide bonds. The van der Waals surface area contributed by atoms with Gasteiger partial charge in [0.15, 0.2) is 5.78 Å². The van der Waals surface area contributed by atoms with Gasteiger partial charge in [0.05, 0.1) is 5.75 Å². The largest absolute Gasteiger partial charge is 0.446 e. The molecule has 1 atom stereocenters. The Balaban J connectivity index is 1.63. The van der Waals surface area contributed by atoms with E-state index in [9.17, 15) is 18.0 Å². The molecule has 1 saturated carbocycles. The van der Waals surface area contributed by atoms with Crippen LogP contribution in [-0.4, -0.2) is 73.9 Å². The monoisotopic (exact) mass is 484 g/mol. The molecule has 1 aliphatic heterocycles. The van der Waals surface area contributed by atoms with Crippen LogP contribution in [0.2, 0.25) is 5.02 Å². The van der Waals surface area contributed by atoms with Crippen molar-refractivity contribution in [1.82, 2.24) is 9.80 Å². The lowest BCUT2D eigenvalue weighted by Crippen LogP contribution is -2.54. The Kier molecular flexibility index (Phi) is 8.22. The van der Waals surface area contributed by atoms with Gasteiger partial charge in [-0.05, 0) is 62.8 Å². The molecule has 0 unspecified atom stereocenters. The molecule has 2 fully saturated rings. The molecule has 9 heteroatoms. The van der Waals surface area contributed by atoms with E-state index >= 15 is 0 Å². The van der Waals surface area contributed by atoms with Crippen LogP contribution in [-0.2, 0) is 21.1 Å². The van der Waals surface area contributed by atoms with Gasteiger partial charge in [0.2, 0.25) is 0 Å². The standard InChI is InChI=1S/C23H33ClN2O5S/c1-16-14-25(9-10-26(16)23(28)31-20-6-4-5-7-20)15-18-12-19(24)13-21(17(18)2)22(27)8-11-32(3,29)30/h12-13,16,20H,4-11,14-15H2,1-3H3/t16-/m0/s1. The number of nitrogens with zero attached hydrogens (tertiary/aromatic N) is 2. The molecule has 0 aromatic heterocycles. The zero-order valence-electron chi connectivity index (χ0n) is 19.1. The Morgan fingerprint density at radius 2 is 1.88 bits per heavy atom. The van der Waals surface area contributed by atoms with E-state index in [4.69, 9.17) is 16.3 Å². The topological polar surface area (TPSA) is 84.0 Å². The van der Waals surface area contributed by atoms with E-state index in [1.165, 1.54) is 0 Å². The van der Waals surface area contributed by atoms with E-state index in [1.54, 1.807) is 11.0 Å². The zero-order valence-corrected chi connectivity index (χ0v) is 20.7. The summed E-state index contributed by atoms with van der Waals surface area (Å²) in [7, 11) is -3.21. The van der Waals surface area contributed by atoms with Crippen molar-refractivity contribution in [2.75, 3.05) is 31.6 Å². The van der Waals surface area contributed by atoms with Gasteiger partial charge < -0.3 is 9.64 Å². The molecule has 0 bridgehead atoms. The van der Waals surface area contributed by atoms with Crippen LogP contribution in [0, 0.1) is 6.92 Å². The molecular formula is C23H33ClN2O5S. The van der Waals surface area contributed by atoms with Gasteiger partial charge in [0.1, 0.15) is 15.9 Å². The van der Waals surface area contributed by atoms with Gasteiger partial charge in [-0.3, -0.25) is 9.69 Å². The number of hydrogen-bond acceptors (Lipinski definition) is 6. The van der Waals surface area contributed by atoms with Crippen LogP contribution in [0.5, 0.6) is 0 Å². The smallest absolute Gasteiger partial charge is 0.410 e. The maximum atomic E-state index is 12.6. The summed E-state index contributed by atoms with van der Waals surface area (Å²) in [6, 6.07) is 3.49. The lowest BCUT2D eigenvalue weighted by molar-refractivity contribution is 0.0281. The van der Waals surface area contributed by atoms with Crippen LogP contribution in [0.25, 0.3) is 0 Å². The lowest BCUT2D eigenvalue weighted by atomic mass is 9.97. The first-order valence-electron chi connectivity index (χ1n) is 11.2. The van der Waals surface area contributed by atoms with Crippen molar-refractivity contribution in [3.63, 3.8) is 0 Å². The number of sulfone groups is 1. The number of ether oxygens (including phenoxy) is 1. The van der Waals surface area contributed by atoms with Gasteiger partial charge in [-0.25, -0.2) is 13.2 Å². The molecule has 1 aliphatic carbocycles. The molecule has 7 nitrogen and oxygen atoms in total. The van der Waals surface area contributed by atoms with Crippen molar-refractivity contribution < 1.29 is 22.7 Å². The lowest BCUT2D eigenvalue weighted by Gasteiger charge is -2.39. The Hall–Kier alpha value is -1.64. The van der Waals surface area contributed by atoms with E-state index < -0.39 is 9.84 Å². The average molecular weight is 485 g/mol. The number of Topliss-reactive ketones (excluding diaryl/α,β-unsaturated/α-hetero) is 1. The fourth-order valence-electron chi connectivity index (χ4n) is 4.51. The molecule has 0 spiro atoms.